The maximum atomic E-state index is 12.0. The fourth-order valence-corrected chi connectivity index (χ4v) is 2.05. The van der Waals surface area contributed by atoms with Gasteiger partial charge >= 0.3 is 0 Å². The number of carbonyl (C=O) groups is 1. The molecule has 2 N–H and O–H groups in total. The molecule has 0 bridgehead atoms. The highest BCUT2D eigenvalue weighted by molar-refractivity contribution is 7.13. The van der Waals surface area contributed by atoms with Crippen molar-refractivity contribution in [2.24, 2.45) is 0 Å². The Morgan fingerprint density at radius 1 is 1.50 bits per heavy atom. The van der Waals surface area contributed by atoms with Gasteiger partial charge in [0.25, 0.3) is 5.91 Å². The van der Waals surface area contributed by atoms with Crippen molar-refractivity contribution in [3.05, 3.63) is 41.2 Å². The summed E-state index contributed by atoms with van der Waals surface area (Å²) in [5, 5.41) is 2.09. The zero-order valence-corrected chi connectivity index (χ0v) is 10.9. The van der Waals surface area contributed by atoms with E-state index < -0.39 is 0 Å². The van der Waals surface area contributed by atoms with E-state index in [4.69, 9.17) is 5.73 Å². The number of rotatable bonds is 4. The molecule has 0 saturated heterocycles. The van der Waals surface area contributed by atoms with Crippen molar-refractivity contribution < 1.29 is 4.79 Å². The van der Waals surface area contributed by atoms with Crippen molar-refractivity contribution in [3.8, 4) is 0 Å². The minimum absolute atomic E-state index is 0.112. The summed E-state index contributed by atoms with van der Waals surface area (Å²) < 4.78 is 0. The van der Waals surface area contributed by atoms with Crippen LogP contribution in [0.4, 0.5) is 5.13 Å². The standard InChI is InChI=1S/C12H14N4OS/c1-16(7-5-9-4-2-3-6-14-9)11(17)10-8-18-12(13)15-10/h2-4,6,8H,5,7H2,1H3,(H2,13,15). The number of amides is 1. The van der Waals surface area contributed by atoms with Gasteiger partial charge in [-0.2, -0.15) is 0 Å². The molecule has 2 rings (SSSR count). The predicted octanol–water partition coefficient (Wildman–Crippen LogP) is 1.44. The lowest BCUT2D eigenvalue weighted by molar-refractivity contribution is 0.0791. The summed E-state index contributed by atoms with van der Waals surface area (Å²) in [6.45, 7) is 0.604. The summed E-state index contributed by atoms with van der Waals surface area (Å²) in [5.74, 6) is -0.112. The molecule has 0 saturated carbocycles. The van der Waals surface area contributed by atoms with Gasteiger partial charge in [-0.1, -0.05) is 6.07 Å². The molecule has 0 atom stereocenters. The normalized spacial score (nSPS) is 10.3. The van der Waals surface area contributed by atoms with Crippen LogP contribution in [-0.2, 0) is 6.42 Å². The van der Waals surface area contributed by atoms with Gasteiger partial charge < -0.3 is 10.6 Å². The minimum atomic E-state index is -0.112. The lowest BCUT2D eigenvalue weighted by Crippen LogP contribution is -2.29. The van der Waals surface area contributed by atoms with Crippen molar-refractivity contribution >= 4 is 22.4 Å². The molecule has 0 spiro atoms. The van der Waals surface area contributed by atoms with Crippen LogP contribution in [0.2, 0.25) is 0 Å². The Hall–Kier alpha value is -1.95. The van der Waals surface area contributed by atoms with Gasteiger partial charge in [0.05, 0.1) is 0 Å². The summed E-state index contributed by atoms with van der Waals surface area (Å²) in [6, 6.07) is 5.75. The Morgan fingerprint density at radius 3 is 2.94 bits per heavy atom. The number of likely N-dealkylation sites (N-methyl/N-ethyl adjacent to an activating group) is 1. The lowest BCUT2D eigenvalue weighted by atomic mass is 10.2. The molecule has 0 aliphatic rings. The summed E-state index contributed by atoms with van der Waals surface area (Å²) in [7, 11) is 1.75. The maximum Gasteiger partial charge on any atom is 0.273 e. The van der Waals surface area contributed by atoms with Crippen LogP contribution >= 0.6 is 11.3 Å². The van der Waals surface area contributed by atoms with Crippen LogP contribution < -0.4 is 5.73 Å². The molecule has 0 radical (unpaired) electrons. The average molecular weight is 262 g/mol. The van der Waals surface area contributed by atoms with Crippen LogP contribution in [0.15, 0.2) is 29.8 Å². The van der Waals surface area contributed by atoms with Crippen LogP contribution in [0.3, 0.4) is 0 Å². The van der Waals surface area contributed by atoms with E-state index in [-0.39, 0.29) is 5.91 Å². The summed E-state index contributed by atoms with van der Waals surface area (Å²) >= 11 is 1.27. The molecule has 0 fully saturated rings. The highest BCUT2D eigenvalue weighted by Gasteiger charge is 2.14. The second-order valence-electron chi connectivity index (χ2n) is 3.87. The number of pyridine rings is 1. The molecular formula is C12H14N4OS. The van der Waals surface area contributed by atoms with E-state index in [1.54, 1.807) is 23.5 Å². The van der Waals surface area contributed by atoms with Gasteiger partial charge in [0.2, 0.25) is 0 Å². The summed E-state index contributed by atoms with van der Waals surface area (Å²) in [6.07, 6.45) is 2.47. The van der Waals surface area contributed by atoms with Gasteiger partial charge in [-0.15, -0.1) is 11.3 Å². The largest absolute Gasteiger partial charge is 0.375 e. The zero-order chi connectivity index (χ0) is 13.0. The zero-order valence-electron chi connectivity index (χ0n) is 10.0. The Balaban J connectivity index is 1.92. The SMILES string of the molecule is CN(CCc1ccccn1)C(=O)c1csc(N)n1. The van der Waals surface area contributed by atoms with Crippen LogP contribution in [0, 0.1) is 0 Å². The Morgan fingerprint density at radius 2 is 2.33 bits per heavy atom. The fraction of sp³-hybridized carbons (Fsp3) is 0.250. The summed E-state index contributed by atoms with van der Waals surface area (Å²) in [5.41, 5.74) is 6.88. The monoisotopic (exact) mass is 262 g/mol. The van der Waals surface area contributed by atoms with E-state index in [9.17, 15) is 4.79 Å². The highest BCUT2D eigenvalue weighted by Crippen LogP contribution is 2.12. The summed E-state index contributed by atoms with van der Waals surface area (Å²) in [4.78, 5) is 21.8. The molecule has 2 heterocycles. The van der Waals surface area contributed by atoms with Gasteiger partial charge in [0.1, 0.15) is 5.69 Å². The van der Waals surface area contributed by atoms with E-state index >= 15 is 0 Å². The van der Waals surface area contributed by atoms with Crippen molar-refractivity contribution in [1.29, 1.82) is 0 Å². The number of carbonyl (C=O) groups excluding carboxylic acids is 1. The third-order valence-corrected chi connectivity index (χ3v) is 3.19. The van der Waals surface area contributed by atoms with Crippen molar-refractivity contribution in [1.82, 2.24) is 14.9 Å². The molecule has 2 aromatic rings. The van der Waals surface area contributed by atoms with Gasteiger partial charge in [0, 0.05) is 37.3 Å². The minimum Gasteiger partial charge on any atom is -0.375 e. The number of thiazole rings is 1. The Bertz CT molecular complexity index is 526. The number of hydrogen-bond acceptors (Lipinski definition) is 5. The second-order valence-corrected chi connectivity index (χ2v) is 4.76. The maximum absolute atomic E-state index is 12.0. The van der Waals surface area contributed by atoms with E-state index in [1.807, 2.05) is 18.2 Å². The van der Waals surface area contributed by atoms with Gasteiger partial charge in [-0.05, 0) is 12.1 Å². The van der Waals surface area contributed by atoms with E-state index in [0.717, 1.165) is 12.1 Å². The number of anilines is 1. The second kappa shape index (κ2) is 5.59. The predicted molar refractivity (Wildman–Crippen MR) is 71.4 cm³/mol. The molecule has 6 heteroatoms. The van der Waals surface area contributed by atoms with Gasteiger partial charge in [0.15, 0.2) is 5.13 Å². The highest BCUT2D eigenvalue weighted by atomic mass is 32.1. The third-order valence-electron chi connectivity index (χ3n) is 2.52. The molecule has 94 valence electrons. The molecule has 0 aliphatic heterocycles. The van der Waals surface area contributed by atoms with Gasteiger partial charge in [-0.3, -0.25) is 9.78 Å². The number of nitrogen functional groups attached to an aromatic ring is 1. The first-order valence-electron chi connectivity index (χ1n) is 5.53. The first-order chi connectivity index (χ1) is 8.66. The smallest absolute Gasteiger partial charge is 0.273 e. The fourth-order valence-electron chi connectivity index (χ4n) is 1.51. The molecule has 0 aliphatic carbocycles. The first kappa shape index (κ1) is 12.5. The first-order valence-corrected chi connectivity index (χ1v) is 6.41. The quantitative estimate of drug-likeness (QED) is 0.904. The third kappa shape index (κ3) is 3.04. The molecule has 5 nitrogen and oxygen atoms in total. The Labute approximate surface area is 109 Å². The van der Waals surface area contributed by atoms with E-state index in [1.165, 1.54) is 11.3 Å². The topological polar surface area (TPSA) is 72.1 Å². The average Bonchev–Trinajstić information content (AvgIpc) is 2.83. The van der Waals surface area contributed by atoms with E-state index in [2.05, 4.69) is 9.97 Å². The van der Waals surface area contributed by atoms with Crippen LogP contribution in [0.1, 0.15) is 16.2 Å². The number of hydrogen-bond donors (Lipinski definition) is 1. The molecule has 18 heavy (non-hydrogen) atoms. The van der Waals surface area contributed by atoms with Crippen LogP contribution in [0.25, 0.3) is 0 Å². The number of aromatic nitrogens is 2. The van der Waals surface area contributed by atoms with Crippen molar-refractivity contribution in [2.75, 3.05) is 19.3 Å². The number of nitrogens with two attached hydrogens (primary N) is 1. The Kier molecular flexibility index (Phi) is 3.88. The lowest BCUT2D eigenvalue weighted by Gasteiger charge is -2.15. The molecule has 0 aromatic carbocycles. The van der Waals surface area contributed by atoms with Crippen LogP contribution in [-0.4, -0.2) is 34.4 Å². The molecule has 2 aromatic heterocycles. The van der Waals surface area contributed by atoms with Crippen molar-refractivity contribution in [3.63, 3.8) is 0 Å². The molecule has 0 unspecified atom stereocenters. The molecule has 1 amide bonds. The van der Waals surface area contributed by atoms with Crippen molar-refractivity contribution in [2.45, 2.75) is 6.42 Å². The molecular weight excluding hydrogens is 248 g/mol. The van der Waals surface area contributed by atoms with Gasteiger partial charge in [-0.25, -0.2) is 4.98 Å². The van der Waals surface area contributed by atoms with Crippen LogP contribution in [0.5, 0.6) is 0 Å². The number of nitrogens with zero attached hydrogens (tertiary/aromatic N) is 3. The van der Waals surface area contributed by atoms with E-state index in [0.29, 0.717) is 17.4 Å².